The zero-order valence-electron chi connectivity index (χ0n) is 12.2. The molecule has 0 atom stereocenters. The minimum absolute atomic E-state index is 0.114. The molecule has 0 unspecified atom stereocenters. The second-order valence-electron chi connectivity index (χ2n) is 4.97. The number of benzene rings is 2. The molecule has 0 saturated carbocycles. The van der Waals surface area contributed by atoms with Crippen LogP contribution in [0.4, 0.5) is 8.78 Å². The summed E-state index contributed by atoms with van der Waals surface area (Å²) in [6, 6.07) is 9.09. The van der Waals surface area contributed by atoms with E-state index in [0.717, 1.165) is 0 Å². The third-order valence-electron chi connectivity index (χ3n) is 3.42. The zero-order chi connectivity index (χ0) is 17.3. The fourth-order valence-electron chi connectivity index (χ4n) is 2.35. The minimum atomic E-state index is -0.487. The molecule has 1 N–H and O–H groups in total. The van der Waals surface area contributed by atoms with Crippen molar-refractivity contribution in [2.75, 3.05) is 6.61 Å². The molecule has 3 aromatic rings. The van der Waals surface area contributed by atoms with E-state index in [-0.39, 0.29) is 35.9 Å². The maximum absolute atomic E-state index is 14.2. The van der Waals surface area contributed by atoms with Gasteiger partial charge < -0.3 is 9.67 Å². The number of aromatic nitrogens is 3. The second-order valence-corrected chi connectivity index (χ2v) is 6.80. The first kappa shape index (κ1) is 17.2. The largest absolute Gasteiger partial charge is 0.395 e. The molecule has 0 aliphatic rings. The van der Waals surface area contributed by atoms with Gasteiger partial charge in [0.1, 0.15) is 11.6 Å². The molecular formula is C16H11Br2F2N3O. The van der Waals surface area contributed by atoms with Crippen LogP contribution in [0.3, 0.4) is 0 Å². The lowest BCUT2D eigenvalue weighted by Crippen LogP contribution is -2.07. The Balaban J connectivity index is 2.18. The predicted octanol–water partition coefficient (Wildman–Crippen LogP) is 4.41. The van der Waals surface area contributed by atoms with Gasteiger partial charge in [-0.2, -0.15) is 0 Å². The van der Waals surface area contributed by atoms with Crippen LogP contribution in [-0.2, 0) is 6.54 Å². The van der Waals surface area contributed by atoms with Crippen LogP contribution in [0.2, 0.25) is 0 Å². The van der Waals surface area contributed by atoms with E-state index in [1.165, 1.54) is 16.7 Å². The van der Waals surface area contributed by atoms with Gasteiger partial charge in [-0.1, -0.05) is 31.9 Å². The molecule has 0 amide bonds. The average Bonchev–Trinajstić information content (AvgIpc) is 2.91. The Bertz CT molecular complexity index is 830. The van der Waals surface area contributed by atoms with E-state index in [0.29, 0.717) is 8.95 Å². The quantitative estimate of drug-likeness (QED) is 0.630. The predicted molar refractivity (Wildman–Crippen MR) is 93.3 cm³/mol. The van der Waals surface area contributed by atoms with Crippen LogP contribution < -0.4 is 0 Å². The van der Waals surface area contributed by atoms with E-state index in [4.69, 9.17) is 0 Å². The van der Waals surface area contributed by atoms with Gasteiger partial charge in [-0.15, -0.1) is 10.2 Å². The summed E-state index contributed by atoms with van der Waals surface area (Å²) in [5.74, 6) is -0.518. The van der Waals surface area contributed by atoms with E-state index in [1.54, 1.807) is 24.3 Å². The maximum atomic E-state index is 14.2. The molecule has 0 fully saturated rings. The Morgan fingerprint density at radius 1 is 0.875 bits per heavy atom. The van der Waals surface area contributed by atoms with Crippen LogP contribution in [0.15, 0.2) is 45.3 Å². The van der Waals surface area contributed by atoms with Gasteiger partial charge in [-0.3, -0.25) is 0 Å². The minimum Gasteiger partial charge on any atom is -0.395 e. The Morgan fingerprint density at radius 3 is 1.71 bits per heavy atom. The maximum Gasteiger partial charge on any atom is 0.167 e. The molecule has 1 heterocycles. The summed E-state index contributed by atoms with van der Waals surface area (Å²) in [6.45, 7) is -0.100. The van der Waals surface area contributed by atoms with Gasteiger partial charge in [-0.25, -0.2) is 8.78 Å². The van der Waals surface area contributed by atoms with Crippen molar-refractivity contribution in [2.24, 2.45) is 0 Å². The number of nitrogens with zero attached hydrogens (tertiary/aromatic N) is 3. The third-order valence-corrected chi connectivity index (χ3v) is 4.40. The number of hydrogen-bond donors (Lipinski definition) is 1. The van der Waals surface area contributed by atoms with Crippen LogP contribution in [0.5, 0.6) is 0 Å². The first-order valence-corrected chi connectivity index (χ1v) is 8.54. The summed E-state index contributed by atoms with van der Waals surface area (Å²) < 4.78 is 31.2. The van der Waals surface area contributed by atoms with E-state index in [9.17, 15) is 13.9 Å². The number of aliphatic hydroxyl groups excluding tert-OH is 1. The smallest absolute Gasteiger partial charge is 0.167 e. The molecule has 0 spiro atoms. The monoisotopic (exact) mass is 457 g/mol. The summed E-state index contributed by atoms with van der Waals surface area (Å²) in [6.07, 6.45) is 0. The molecule has 0 radical (unpaired) electrons. The van der Waals surface area contributed by atoms with Gasteiger partial charge >= 0.3 is 0 Å². The van der Waals surface area contributed by atoms with Crippen molar-refractivity contribution in [3.8, 4) is 22.8 Å². The topological polar surface area (TPSA) is 50.9 Å². The molecule has 4 nitrogen and oxygen atoms in total. The van der Waals surface area contributed by atoms with E-state index in [1.807, 2.05) is 0 Å². The van der Waals surface area contributed by atoms with E-state index < -0.39 is 11.6 Å². The fraction of sp³-hybridized carbons (Fsp3) is 0.125. The highest BCUT2D eigenvalue weighted by molar-refractivity contribution is 9.10. The highest BCUT2D eigenvalue weighted by Gasteiger charge is 2.20. The third kappa shape index (κ3) is 3.26. The number of hydrogen-bond acceptors (Lipinski definition) is 3. The molecule has 124 valence electrons. The van der Waals surface area contributed by atoms with Crippen LogP contribution in [0, 0.1) is 11.6 Å². The average molecular weight is 459 g/mol. The molecule has 2 aromatic carbocycles. The van der Waals surface area contributed by atoms with Crippen LogP contribution in [-0.4, -0.2) is 26.5 Å². The molecule has 0 aliphatic heterocycles. The van der Waals surface area contributed by atoms with Gasteiger partial charge in [0.15, 0.2) is 11.6 Å². The van der Waals surface area contributed by atoms with Crippen LogP contribution >= 0.6 is 31.9 Å². The SMILES string of the molecule is OCCn1c(-c2ccc(Br)cc2F)nnc1-c1ccc(Br)cc1F. The fourth-order valence-corrected chi connectivity index (χ4v) is 3.02. The van der Waals surface area contributed by atoms with Gasteiger partial charge in [0.05, 0.1) is 17.7 Å². The van der Waals surface area contributed by atoms with Gasteiger partial charge in [-0.05, 0) is 36.4 Å². The Hall–Kier alpha value is -1.64. The lowest BCUT2D eigenvalue weighted by molar-refractivity contribution is 0.277. The van der Waals surface area contributed by atoms with E-state index in [2.05, 4.69) is 42.1 Å². The first-order valence-electron chi connectivity index (χ1n) is 6.96. The summed E-state index contributed by atoms with van der Waals surface area (Å²) in [7, 11) is 0. The second kappa shape index (κ2) is 7.08. The van der Waals surface area contributed by atoms with Crippen molar-refractivity contribution < 1.29 is 13.9 Å². The van der Waals surface area contributed by atoms with Crippen molar-refractivity contribution in [3.05, 3.63) is 57.0 Å². The Kier molecular flexibility index (Phi) is 5.07. The molecule has 3 rings (SSSR count). The number of rotatable bonds is 4. The Labute approximate surface area is 153 Å². The van der Waals surface area contributed by atoms with Crippen molar-refractivity contribution in [1.82, 2.24) is 14.8 Å². The van der Waals surface area contributed by atoms with Crippen molar-refractivity contribution >= 4 is 31.9 Å². The first-order chi connectivity index (χ1) is 11.5. The highest BCUT2D eigenvalue weighted by Crippen LogP contribution is 2.30. The summed E-state index contributed by atoms with van der Waals surface area (Å²) >= 11 is 6.40. The van der Waals surface area contributed by atoms with Gasteiger partial charge in [0, 0.05) is 15.5 Å². The molecule has 0 saturated heterocycles. The summed E-state index contributed by atoms with van der Waals surface area (Å²) in [5, 5.41) is 17.3. The van der Waals surface area contributed by atoms with Crippen LogP contribution in [0.1, 0.15) is 0 Å². The van der Waals surface area contributed by atoms with E-state index >= 15 is 0 Å². The molecule has 1 aromatic heterocycles. The highest BCUT2D eigenvalue weighted by atomic mass is 79.9. The van der Waals surface area contributed by atoms with Crippen LogP contribution in [0.25, 0.3) is 22.8 Å². The van der Waals surface area contributed by atoms with Crippen molar-refractivity contribution in [2.45, 2.75) is 6.54 Å². The van der Waals surface area contributed by atoms with Gasteiger partial charge in [0.2, 0.25) is 0 Å². The standard InChI is InChI=1S/C16H11Br2F2N3O/c17-9-1-3-11(13(19)7-9)15-21-22-16(23(15)5-6-24)12-4-2-10(18)8-14(12)20/h1-4,7-8,24H,5-6H2. The zero-order valence-corrected chi connectivity index (χ0v) is 15.4. The number of aliphatic hydroxyl groups is 1. The van der Waals surface area contributed by atoms with Gasteiger partial charge in [0.25, 0.3) is 0 Å². The molecule has 0 bridgehead atoms. The normalized spacial score (nSPS) is 11.0. The lowest BCUT2D eigenvalue weighted by atomic mass is 10.1. The molecule has 24 heavy (non-hydrogen) atoms. The lowest BCUT2D eigenvalue weighted by Gasteiger charge is -2.10. The molecule has 0 aliphatic carbocycles. The van der Waals surface area contributed by atoms with Crippen molar-refractivity contribution in [3.63, 3.8) is 0 Å². The Morgan fingerprint density at radius 2 is 1.33 bits per heavy atom. The molecule has 8 heteroatoms. The van der Waals surface area contributed by atoms with Crippen molar-refractivity contribution in [1.29, 1.82) is 0 Å². The molecular weight excluding hydrogens is 448 g/mol. The summed E-state index contributed by atoms with van der Waals surface area (Å²) in [4.78, 5) is 0. The number of halogens is 4. The summed E-state index contributed by atoms with van der Waals surface area (Å²) in [5.41, 5.74) is 0.450.